The predicted molar refractivity (Wildman–Crippen MR) is 84.0 cm³/mol. The first-order chi connectivity index (χ1) is 9.96. The van der Waals surface area contributed by atoms with E-state index in [4.69, 9.17) is 4.74 Å². The minimum absolute atomic E-state index is 0.233. The minimum atomic E-state index is -0.452. The van der Waals surface area contributed by atoms with E-state index in [2.05, 4.69) is 17.4 Å². The molecule has 0 aromatic heterocycles. The Kier molecular flexibility index (Phi) is 3.66. The quantitative estimate of drug-likeness (QED) is 0.863. The van der Waals surface area contributed by atoms with Gasteiger partial charge in [0.1, 0.15) is 5.60 Å². The summed E-state index contributed by atoms with van der Waals surface area (Å²) in [5, 5.41) is 3.42. The largest absolute Gasteiger partial charge is 0.443 e. The highest BCUT2D eigenvalue weighted by atomic mass is 16.6. The molecule has 1 aromatic carbocycles. The third kappa shape index (κ3) is 2.91. The maximum absolute atomic E-state index is 12.3. The summed E-state index contributed by atoms with van der Waals surface area (Å²) in [6.07, 6.45) is 1.88. The standard InChI is InChI=1S/C17H24N2O2/c1-17(2,3)21-16(20)19-10-8-14-13(5-4-6-15(14)19)12-7-9-18-11-12/h4-6,12,18H,7-11H2,1-3H3. The number of ether oxygens (including phenoxy) is 1. The second-order valence-electron chi connectivity index (χ2n) is 6.92. The molecule has 3 rings (SSSR count). The molecule has 2 heterocycles. The third-order valence-corrected chi connectivity index (χ3v) is 4.18. The van der Waals surface area contributed by atoms with Crippen molar-refractivity contribution in [3.63, 3.8) is 0 Å². The first-order valence-electron chi connectivity index (χ1n) is 7.79. The molecule has 1 unspecified atom stereocenters. The highest BCUT2D eigenvalue weighted by Crippen LogP contribution is 2.36. The van der Waals surface area contributed by atoms with Crippen LogP contribution in [0.25, 0.3) is 0 Å². The van der Waals surface area contributed by atoms with Crippen LogP contribution in [0.3, 0.4) is 0 Å². The molecule has 1 N–H and O–H groups in total. The van der Waals surface area contributed by atoms with Crippen LogP contribution in [0.4, 0.5) is 10.5 Å². The zero-order valence-corrected chi connectivity index (χ0v) is 13.1. The van der Waals surface area contributed by atoms with Crippen molar-refractivity contribution < 1.29 is 9.53 Å². The normalized spacial score (nSPS) is 21.5. The Morgan fingerprint density at radius 2 is 2.19 bits per heavy atom. The number of nitrogens with one attached hydrogen (secondary N) is 1. The number of anilines is 1. The number of benzene rings is 1. The fraction of sp³-hybridized carbons (Fsp3) is 0.588. The van der Waals surface area contributed by atoms with Gasteiger partial charge in [-0.15, -0.1) is 0 Å². The fourth-order valence-corrected chi connectivity index (χ4v) is 3.27. The van der Waals surface area contributed by atoms with Gasteiger partial charge in [-0.25, -0.2) is 4.79 Å². The first-order valence-corrected chi connectivity index (χ1v) is 7.79. The zero-order valence-electron chi connectivity index (χ0n) is 13.1. The van der Waals surface area contributed by atoms with Crippen LogP contribution in [0.1, 0.15) is 44.2 Å². The van der Waals surface area contributed by atoms with Crippen LogP contribution in [0.15, 0.2) is 18.2 Å². The summed E-state index contributed by atoms with van der Waals surface area (Å²) in [7, 11) is 0. The summed E-state index contributed by atoms with van der Waals surface area (Å²) in [6, 6.07) is 6.32. The number of nitrogens with zero attached hydrogens (tertiary/aromatic N) is 1. The Labute approximate surface area is 126 Å². The highest BCUT2D eigenvalue weighted by Gasteiger charge is 2.31. The third-order valence-electron chi connectivity index (χ3n) is 4.18. The van der Waals surface area contributed by atoms with Crippen LogP contribution in [0.2, 0.25) is 0 Å². The van der Waals surface area contributed by atoms with Crippen LogP contribution < -0.4 is 10.2 Å². The molecule has 2 aliphatic heterocycles. The van der Waals surface area contributed by atoms with Gasteiger partial charge in [-0.2, -0.15) is 0 Å². The summed E-state index contributed by atoms with van der Waals surface area (Å²) in [6.45, 7) is 8.57. The molecule has 0 radical (unpaired) electrons. The molecule has 1 fully saturated rings. The van der Waals surface area contributed by atoms with Gasteiger partial charge in [-0.05, 0) is 63.3 Å². The highest BCUT2D eigenvalue weighted by molar-refractivity contribution is 5.91. The van der Waals surface area contributed by atoms with Crippen molar-refractivity contribution in [2.24, 2.45) is 0 Å². The molecule has 0 bridgehead atoms. The smallest absolute Gasteiger partial charge is 0.414 e. The molecule has 0 aliphatic carbocycles. The second-order valence-corrected chi connectivity index (χ2v) is 6.92. The van der Waals surface area contributed by atoms with E-state index in [-0.39, 0.29) is 6.09 Å². The fourth-order valence-electron chi connectivity index (χ4n) is 3.27. The lowest BCUT2D eigenvalue weighted by molar-refractivity contribution is 0.0584. The molecule has 4 nitrogen and oxygen atoms in total. The molecule has 1 saturated heterocycles. The van der Waals surface area contributed by atoms with E-state index in [1.54, 1.807) is 4.90 Å². The molecule has 4 heteroatoms. The lowest BCUT2D eigenvalue weighted by Crippen LogP contribution is -2.35. The van der Waals surface area contributed by atoms with Gasteiger partial charge < -0.3 is 10.1 Å². The molecule has 2 aliphatic rings. The Morgan fingerprint density at radius 3 is 2.86 bits per heavy atom. The minimum Gasteiger partial charge on any atom is -0.443 e. The summed E-state index contributed by atoms with van der Waals surface area (Å²) in [4.78, 5) is 14.1. The van der Waals surface area contributed by atoms with Gasteiger partial charge in [-0.1, -0.05) is 12.1 Å². The van der Waals surface area contributed by atoms with Crippen LogP contribution in [0.5, 0.6) is 0 Å². The van der Waals surface area contributed by atoms with E-state index in [1.165, 1.54) is 17.5 Å². The van der Waals surface area contributed by atoms with Crippen LogP contribution in [-0.4, -0.2) is 31.3 Å². The molecule has 0 spiro atoms. The zero-order chi connectivity index (χ0) is 15.0. The molecule has 1 amide bonds. The maximum Gasteiger partial charge on any atom is 0.414 e. The van der Waals surface area contributed by atoms with Crippen LogP contribution >= 0.6 is 0 Å². The van der Waals surface area contributed by atoms with Gasteiger partial charge in [-0.3, -0.25) is 4.90 Å². The predicted octanol–water partition coefficient (Wildman–Crippen LogP) is 3.06. The summed E-state index contributed by atoms with van der Waals surface area (Å²) in [5.41, 5.74) is 3.32. The van der Waals surface area contributed by atoms with E-state index in [9.17, 15) is 4.79 Å². The maximum atomic E-state index is 12.3. The van der Waals surface area contributed by atoms with Crippen molar-refractivity contribution in [2.45, 2.75) is 45.1 Å². The summed E-state index contributed by atoms with van der Waals surface area (Å²) < 4.78 is 5.52. The number of carbonyl (C=O) groups excluding carboxylic acids is 1. The van der Waals surface area contributed by atoms with Gasteiger partial charge in [0, 0.05) is 13.1 Å². The van der Waals surface area contributed by atoms with Gasteiger partial charge in [0.05, 0.1) is 5.69 Å². The lowest BCUT2D eigenvalue weighted by Gasteiger charge is -2.25. The number of amides is 1. The number of carbonyl (C=O) groups is 1. The average Bonchev–Trinajstić information content (AvgIpc) is 3.05. The van der Waals surface area contributed by atoms with E-state index in [0.717, 1.165) is 31.7 Å². The van der Waals surface area contributed by atoms with Crippen molar-refractivity contribution >= 4 is 11.8 Å². The topological polar surface area (TPSA) is 41.6 Å². The molecular formula is C17H24N2O2. The van der Waals surface area contributed by atoms with Crippen molar-refractivity contribution in [1.82, 2.24) is 5.32 Å². The van der Waals surface area contributed by atoms with E-state index < -0.39 is 5.60 Å². The SMILES string of the molecule is CC(C)(C)OC(=O)N1CCc2c(C3CCNC3)cccc21. The van der Waals surface area contributed by atoms with Gasteiger partial charge in [0.15, 0.2) is 0 Å². The van der Waals surface area contributed by atoms with Gasteiger partial charge in [0.25, 0.3) is 0 Å². The van der Waals surface area contributed by atoms with Crippen molar-refractivity contribution in [1.29, 1.82) is 0 Å². The number of hydrogen-bond donors (Lipinski definition) is 1. The van der Waals surface area contributed by atoms with Crippen molar-refractivity contribution in [2.75, 3.05) is 24.5 Å². The van der Waals surface area contributed by atoms with E-state index in [0.29, 0.717) is 5.92 Å². The first kappa shape index (κ1) is 14.4. The van der Waals surface area contributed by atoms with Gasteiger partial charge >= 0.3 is 6.09 Å². The average molecular weight is 288 g/mol. The van der Waals surface area contributed by atoms with Crippen LogP contribution in [-0.2, 0) is 11.2 Å². The summed E-state index contributed by atoms with van der Waals surface area (Å²) >= 11 is 0. The van der Waals surface area contributed by atoms with Crippen molar-refractivity contribution in [3.05, 3.63) is 29.3 Å². The van der Waals surface area contributed by atoms with Crippen LogP contribution in [0, 0.1) is 0 Å². The Bertz CT molecular complexity index is 542. The molecule has 0 saturated carbocycles. The number of fused-ring (bicyclic) bond motifs is 1. The Hall–Kier alpha value is -1.55. The number of rotatable bonds is 1. The summed E-state index contributed by atoms with van der Waals surface area (Å²) in [5.74, 6) is 0.582. The molecule has 114 valence electrons. The Balaban J connectivity index is 1.85. The lowest BCUT2D eigenvalue weighted by atomic mass is 9.92. The molecule has 1 aromatic rings. The van der Waals surface area contributed by atoms with Gasteiger partial charge in [0.2, 0.25) is 0 Å². The molecule has 21 heavy (non-hydrogen) atoms. The second kappa shape index (κ2) is 5.34. The Morgan fingerprint density at radius 1 is 1.38 bits per heavy atom. The monoisotopic (exact) mass is 288 g/mol. The number of hydrogen-bond acceptors (Lipinski definition) is 3. The van der Waals surface area contributed by atoms with Crippen molar-refractivity contribution in [3.8, 4) is 0 Å². The molecular weight excluding hydrogens is 264 g/mol. The molecule has 1 atom stereocenters. The van der Waals surface area contributed by atoms with E-state index >= 15 is 0 Å². The van der Waals surface area contributed by atoms with E-state index in [1.807, 2.05) is 26.8 Å².